The molecule has 34 heavy (non-hydrogen) atoms. The van der Waals surface area contributed by atoms with Gasteiger partial charge in [0, 0.05) is 8.04 Å². The summed E-state index contributed by atoms with van der Waals surface area (Å²) in [7, 11) is 0. The van der Waals surface area contributed by atoms with Gasteiger partial charge in [0.05, 0.1) is 15.2 Å². The van der Waals surface area contributed by atoms with Gasteiger partial charge in [-0.2, -0.15) is 0 Å². The zero-order valence-electron chi connectivity index (χ0n) is 17.2. The summed E-state index contributed by atoms with van der Waals surface area (Å²) in [5.74, 6) is -1.08. The van der Waals surface area contributed by atoms with E-state index in [1.54, 1.807) is 36.4 Å². The second kappa shape index (κ2) is 10.6. The van der Waals surface area contributed by atoms with E-state index in [4.69, 9.17) is 16.3 Å². The summed E-state index contributed by atoms with van der Waals surface area (Å²) in [4.78, 5) is 38.8. The number of nitrogens with one attached hydrogen (secondary N) is 1. The van der Waals surface area contributed by atoms with Gasteiger partial charge in [-0.25, -0.2) is 9.69 Å². The highest BCUT2D eigenvalue weighted by Gasteiger charge is 2.36. The van der Waals surface area contributed by atoms with E-state index < -0.39 is 17.8 Å². The molecule has 3 aromatic carbocycles. The SMILES string of the molecule is O=C1NC(=O)N(c2ccc(Br)cc2)C(=O)/C1=C/c1cc(Cl)c(OCc2ccc(I)cc2)c(Br)c1. The van der Waals surface area contributed by atoms with E-state index in [1.807, 2.05) is 24.3 Å². The highest BCUT2D eigenvalue weighted by Crippen LogP contribution is 2.36. The molecule has 4 rings (SSSR count). The number of carbonyl (C=O) groups excluding carboxylic acids is 3. The largest absolute Gasteiger partial charge is 0.486 e. The Morgan fingerprint density at radius 1 is 1.00 bits per heavy atom. The number of imide groups is 2. The molecule has 1 aliphatic heterocycles. The van der Waals surface area contributed by atoms with Gasteiger partial charge >= 0.3 is 6.03 Å². The Balaban J connectivity index is 1.60. The Hall–Kier alpha value is -2.21. The van der Waals surface area contributed by atoms with Crippen molar-refractivity contribution in [3.8, 4) is 5.75 Å². The van der Waals surface area contributed by atoms with Crippen LogP contribution in [0.4, 0.5) is 10.5 Å². The minimum Gasteiger partial charge on any atom is -0.486 e. The third-order valence-corrected chi connectivity index (χ3v) is 6.93. The van der Waals surface area contributed by atoms with Crippen LogP contribution in [-0.2, 0) is 16.2 Å². The van der Waals surface area contributed by atoms with E-state index in [1.165, 1.54) is 6.08 Å². The van der Waals surface area contributed by atoms with Gasteiger partial charge < -0.3 is 4.74 Å². The molecule has 0 radical (unpaired) electrons. The Morgan fingerprint density at radius 3 is 2.32 bits per heavy atom. The van der Waals surface area contributed by atoms with Crippen molar-refractivity contribution in [2.75, 3.05) is 4.90 Å². The van der Waals surface area contributed by atoms with Gasteiger partial charge in [-0.15, -0.1) is 0 Å². The highest BCUT2D eigenvalue weighted by molar-refractivity contribution is 14.1. The van der Waals surface area contributed by atoms with Crippen LogP contribution in [0.1, 0.15) is 11.1 Å². The van der Waals surface area contributed by atoms with Crippen molar-refractivity contribution in [2.45, 2.75) is 6.61 Å². The van der Waals surface area contributed by atoms with Gasteiger partial charge in [-0.3, -0.25) is 14.9 Å². The first-order valence-electron chi connectivity index (χ1n) is 9.76. The normalized spacial score (nSPS) is 15.0. The predicted octanol–water partition coefficient (Wildman–Crippen LogP) is 6.72. The molecule has 0 bridgehead atoms. The summed E-state index contributed by atoms with van der Waals surface area (Å²) in [5.41, 5.74) is 1.61. The topological polar surface area (TPSA) is 75.7 Å². The first-order chi connectivity index (χ1) is 16.2. The number of hydrogen-bond donors (Lipinski definition) is 1. The van der Waals surface area contributed by atoms with E-state index in [0.717, 1.165) is 18.5 Å². The number of ether oxygens (including phenoxy) is 1. The van der Waals surface area contributed by atoms with Crippen LogP contribution in [0.25, 0.3) is 6.08 Å². The van der Waals surface area contributed by atoms with Crippen LogP contribution in [0.3, 0.4) is 0 Å². The quantitative estimate of drug-likeness (QED) is 0.181. The number of nitrogens with zero attached hydrogens (tertiary/aromatic N) is 1. The summed E-state index contributed by atoms with van der Waals surface area (Å²) in [6, 6.07) is 17.0. The molecule has 1 heterocycles. The molecule has 4 amide bonds. The number of hydrogen-bond acceptors (Lipinski definition) is 4. The molecule has 0 aliphatic carbocycles. The summed E-state index contributed by atoms with van der Waals surface area (Å²) in [6.07, 6.45) is 1.38. The molecule has 0 saturated carbocycles. The number of amides is 4. The predicted molar refractivity (Wildman–Crippen MR) is 146 cm³/mol. The average Bonchev–Trinajstić information content (AvgIpc) is 2.78. The van der Waals surface area contributed by atoms with Crippen molar-refractivity contribution in [1.29, 1.82) is 0 Å². The summed E-state index contributed by atoms with van der Waals surface area (Å²) in [5, 5.41) is 2.51. The van der Waals surface area contributed by atoms with Crippen molar-refractivity contribution in [3.63, 3.8) is 0 Å². The number of rotatable bonds is 5. The van der Waals surface area contributed by atoms with E-state index >= 15 is 0 Å². The van der Waals surface area contributed by atoms with Crippen LogP contribution < -0.4 is 15.0 Å². The van der Waals surface area contributed by atoms with Crippen LogP contribution >= 0.6 is 66.1 Å². The van der Waals surface area contributed by atoms with Crippen molar-refractivity contribution in [1.82, 2.24) is 5.32 Å². The van der Waals surface area contributed by atoms with Crippen LogP contribution in [0.15, 0.2) is 75.2 Å². The lowest BCUT2D eigenvalue weighted by Crippen LogP contribution is -2.54. The monoisotopic (exact) mass is 714 g/mol. The maximum atomic E-state index is 13.1. The molecule has 1 fully saturated rings. The van der Waals surface area contributed by atoms with Gasteiger partial charge in [-0.05, 0) is 104 Å². The van der Waals surface area contributed by atoms with Gasteiger partial charge in [-0.1, -0.05) is 39.7 Å². The molecule has 1 N–H and O–H groups in total. The third-order valence-electron chi connectivity index (χ3n) is 4.81. The standard InChI is InChI=1S/C24H14Br2ClIN2O4/c25-15-3-7-17(8-4-15)30-23(32)18(22(31)29-24(30)33)9-14-10-19(26)21(20(27)11-14)34-12-13-1-5-16(28)6-2-13/h1-11H,12H2,(H,29,31,33)/b18-9+. The molecule has 0 atom stereocenters. The van der Waals surface area contributed by atoms with Gasteiger partial charge in [0.25, 0.3) is 11.8 Å². The number of halogens is 4. The fourth-order valence-electron chi connectivity index (χ4n) is 3.19. The fourth-order valence-corrected chi connectivity index (χ4v) is 4.80. The summed E-state index contributed by atoms with van der Waals surface area (Å²) in [6.45, 7) is 0.320. The van der Waals surface area contributed by atoms with Crippen LogP contribution in [0.2, 0.25) is 5.02 Å². The number of barbiturate groups is 1. The zero-order valence-corrected chi connectivity index (χ0v) is 23.2. The molecule has 3 aromatic rings. The van der Waals surface area contributed by atoms with E-state index in [-0.39, 0.29) is 5.57 Å². The Kier molecular flexibility index (Phi) is 7.76. The van der Waals surface area contributed by atoms with E-state index in [2.05, 4.69) is 59.8 Å². The second-order valence-corrected chi connectivity index (χ2v) is 10.6. The lowest BCUT2D eigenvalue weighted by Gasteiger charge is -2.26. The van der Waals surface area contributed by atoms with Crippen LogP contribution in [-0.4, -0.2) is 17.8 Å². The first-order valence-corrected chi connectivity index (χ1v) is 12.8. The average molecular weight is 717 g/mol. The maximum absolute atomic E-state index is 13.1. The van der Waals surface area contributed by atoms with Crippen molar-refractivity contribution in [2.24, 2.45) is 0 Å². The smallest absolute Gasteiger partial charge is 0.335 e. The minimum atomic E-state index is -0.812. The molecule has 172 valence electrons. The van der Waals surface area contributed by atoms with Crippen molar-refractivity contribution >= 4 is 95.7 Å². The van der Waals surface area contributed by atoms with Crippen molar-refractivity contribution in [3.05, 3.63) is 94.9 Å². The van der Waals surface area contributed by atoms with Crippen LogP contribution in [0.5, 0.6) is 5.75 Å². The molecule has 1 saturated heterocycles. The Labute approximate surface area is 230 Å². The lowest BCUT2D eigenvalue weighted by atomic mass is 10.1. The van der Waals surface area contributed by atoms with Crippen molar-refractivity contribution < 1.29 is 19.1 Å². The third kappa shape index (κ3) is 5.54. The van der Waals surface area contributed by atoms with Gasteiger partial charge in [0.2, 0.25) is 0 Å². The second-order valence-electron chi connectivity index (χ2n) is 7.16. The molecule has 6 nitrogen and oxygen atoms in total. The van der Waals surface area contributed by atoms with E-state index in [0.29, 0.717) is 33.1 Å². The molecule has 0 spiro atoms. The lowest BCUT2D eigenvalue weighted by molar-refractivity contribution is -0.122. The highest BCUT2D eigenvalue weighted by atomic mass is 127. The molecule has 0 unspecified atom stereocenters. The first kappa shape index (κ1) is 24.9. The molecule has 0 aromatic heterocycles. The Bertz CT molecular complexity index is 1300. The maximum Gasteiger partial charge on any atom is 0.335 e. The summed E-state index contributed by atoms with van der Waals surface area (Å²) >= 11 is 15.4. The molecule has 10 heteroatoms. The molecular weight excluding hydrogens is 702 g/mol. The van der Waals surface area contributed by atoms with Crippen LogP contribution in [0, 0.1) is 3.57 Å². The van der Waals surface area contributed by atoms with E-state index in [9.17, 15) is 14.4 Å². The Morgan fingerprint density at radius 2 is 1.68 bits per heavy atom. The molecule has 1 aliphatic rings. The number of urea groups is 1. The number of benzene rings is 3. The number of carbonyl (C=O) groups is 3. The number of anilines is 1. The van der Waals surface area contributed by atoms with Gasteiger partial charge in [0.1, 0.15) is 12.2 Å². The fraction of sp³-hybridized carbons (Fsp3) is 0.0417. The molecular formula is C24H14Br2ClIN2O4. The minimum absolute atomic E-state index is 0.196. The van der Waals surface area contributed by atoms with Gasteiger partial charge in [0.15, 0.2) is 5.75 Å². The summed E-state index contributed by atoms with van der Waals surface area (Å²) < 4.78 is 8.35. The zero-order chi connectivity index (χ0) is 24.4.